The molecule has 0 aliphatic rings. The van der Waals surface area contributed by atoms with Gasteiger partial charge in [-0.15, -0.1) is 0 Å². The molecule has 0 spiro atoms. The molecule has 5 nitrogen and oxygen atoms in total. The van der Waals surface area contributed by atoms with Crippen LogP contribution in [0, 0.1) is 0 Å². The van der Waals surface area contributed by atoms with E-state index in [1.807, 2.05) is 5.32 Å². The largest absolute Gasteiger partial charge is 0.375 e. The zero-order valence-corrected chi connectivity index (χ0v) is 6.55. The maximum Gasteiger partial charge on any atom is 0.329 e. The summed E-state index contributed by atoms with van der Waals surface area (Å²) in [7, 11) is 3.13. The molecule has 62 valence electrons. The van der Waals surface area contributed by atoms with Crippen molar-refractivity contribution in [2.75, 3.05) is 14.1 Å². The van der Waals surface area contributed by atoms with Gasteiger partial charge in [0.05, 0.1) is 0 Å². The molecule has 0 aromatic rings. The fraction of sp³-hybridized carbons (Fsp3) is 0.333. The van der Waals surface area contributed by atoms with Crippen molar-refractivity contribution in [1.82, 2.24) is 15.5 Å². The Morgan fingerprint density at radius 3 is 2.55 bits per heavy atom. The number of amides is 3. The molecule has 0 aromatic heterocycles. The molecular formula is C6H11N3O2. The van der Waals surface area contributed by atoms with Crippen molar-refractivity contribution in [3.63, 3.8) is 0 Å². The summed E-state index contributed by atoms with van der Waals surface area (Å²) < 4.78 is 0. The quantitative estimate of drug-likeness (QED) is 0.541. The lowest BCUT2D eigenvalue weighted by molar-refractivity contribution is -0.108. The number of imide groups is 1. The third-order valence-corrected chi connectivity index (χ3v) is 1.18. The first kappa shape index (κ1) is 9.48. The van der Waals surface area contributed by atoms with Crippen molar-refractivity contribution in [3.05, 3.63) is 12.4 Å². The van der Waals surface area contributed by atoms with Gasteiger partial charge in [0, 0.05) is 14.1 Å². The number of hydrogen-bond donors (Lipinski definition) is 2. The second-order valence-corrected chi connectivity index (χ2v) is 1.82. The number of carbonyl (C=O) groups excluding carboxylic acids is 2. The summed E-state index contributed by atoms with van der Waals surface area (Å²) in [5.74, 6) is 0.421. The lowest BCUT2D eigenvalue weighted by Gasteiger charge is -2.17. The Labute approximate surface area is 65.1 Å². The van der Waals surface area contributed by atoms with Crippen LogP contribution in [0.5, 0.6) is 0 Å². The van der Waals surface area contributed by atoms with E-state index in [1.54, 1.807) is 7.05 Å². The lowest BCUT2D eigenvalue weighted by atomic mass is 10.6. The standard InChI is InChI=1S/C6H11N3O2/c1-5(7-2)9(3)6(11)8-4-10/h4,7H,1H2,2-3H3,(H,8,10,11). The first-order chi connectivity index (χ1) is 5.13. The highest BCUT2D eigenvalue weighted by Crippen LogP contribution is 1.91. The minimum atomic E-state index is -0.514. The predicted molar refractivity (Wildman–Crippen MR) is 40.6 cm³/mol. The fourth-order valence-corrected chi connectivity index (χ4v) is 0.438. The highest BCUT2D eigenvalue weighted by Gasteiger charge is 2.08. The Morgan fingerprint density at radius 1 is 1.64 bits per heavy atom. The summed E-state index contributed by atoms with van der Waals surface area (Å²) in [6.45, 7) is 3.51. The van der Waals surface area contributed by atoms with Gasteiger partial charge in [-0.1, -0.05) is 6.58 Å². The maximum atomic E-state index is 10.8. The molecule has 0 fully saturated rings. The minimum absolute atomic E-state index is 0.321. The van der Waals surface area contributed by atoms with Gasteiger partial charge in [0.25, 0.3) is 0 Å². The Morgan fingerprint density at radius 2 is 2.18 bits per heavy atom. The first-order valence-electron chi connectivity index (χ1n) is 2.98. The molecule has 0 atom stereocenters. The summed E-state index contributed by atoms with van der Waals surface area (Å²) in [6, 6.07) is -0.514. The van der Waals surface area contributed by atoms with Crippen molar-refractivity contribution in [3.8, 4) is 0 Å². The molecule has 0 aromatic carbocycles. The van der Waals surface area contributed by atoms with Crippen molar-refractivity contribution in [1.29, 1.82) is 0 Å². The van der Waals surface area contributed by atoms with E-state index in [-0.39, 0.29) is 0 Å². The molecule has 0 bridgehead atoms. The molecule has 2 N–H and O–H groups in total. The molecule has 0 aliphatic carbocycles. The van der Waals surface area contributed by atoms with E-state index in [0.29, 0.717) is 12.2 Å². The summed E-state index contributed by atoms with van der Waals surface area (Å²) in [4.78, 5) is 21.8. The van der Waals surface area contributed by atoms with Crippen LogP contribution in [0.1, 0.15) is 0 Å². The average molecular weight is 157 g/mol. The zero-order chi connectivity index (χ0) is 8.85. The zero-order valence-electron chi connectivity index (χ0n) is 6.55. The molecule has 0 rings (SSSR count). The van der Waals surface area contributed by atoms with E-state index in [9.17, 15) is 9.59 Å². The van der Waals surface area contributed by atoms with Crippen LogP contribution in [-0.2, 0) is 4.79 Å². The second-order valence-electron chi connectivity index (χ2n) is 1.82. The minimum Gasteiger partial charge on any atom is -0.375 e. The third-order valence-electron chi connectivity index (χ3n) is 1.18. The summed E-state index contributed by atoms with van der Waals surface area (Å²) >= 11 is 0. The van der Waals surface area contributed by atoms with Crippen LogP contribution in [0.25, 0.3) is 0 Å². The molecule has 0 heterocycles. The first-order valence-corrected chi connectivity index (χ1v) is 2.98. The van der Waals surface area contributed by atoms with E-state index >= 15 is 0 Å². The second kappa shape index (κ2) is 4.32. The molecule has 0 saturated heterocycles. The van der Waals surface area contributed by atoms with E-state index < -0.39 is 6.03 Å². The monoisotopic (exact) mass is 157 g/mol. The maximum absolute atomic E-state index is 10.8. The van der Waals surface area contributed by atoms with Crippen LogP contribution < -0.4 is 10.6 Å². The van der Waals surface area contributed by atoms with Crippen LogP contribution >= 0.6 is 0 Å². The topological polar surface area (TPSA) is 61.4 Å². The van der Waals surface area contributed by atoms with Crippen LogP contribution in [-0.4, -0.2) is 31.4 Å². The number of carbonyl (C=O) groups is 2. The molecule has 0 radical (unpaired) electrons. The van der Waals surface area contributed by atoms with Gasteiger partial charge < -0.3 is 5.32 Å². The average Bonchev–Trinajstić information content (AvgIpc) is 2.02. The molecule has 5 heteroatoms. The smallest absolute Gasteiger partial charge is 0.329 e. The summed E-state index contributed by atoms with van der Waals surface area (Å²) in [6.07, 6.45) is 0.321. The Bertz CT molecular complexity index is 179. The van der Waals surface area contributed by atoms with Crippen molar-refractivity contribution in [2.24, 2.45) is 0 Å². The Balaban J connectivity index is 4.01. The van der Waals surface area contributed by atoms with E-state index in [4.69, 9.17) is 0 Å². The number of rotatable bonds is 3. The number of nitrogens with zero attached hydrogens (tertiary/aromatic N) is 1. The lowest BCUT2D eigenvalue weighted by Crippen LogP contribution is -2.38. The van der Waals surface area contributed by atoms with Crippen molar-refractivity contribution >= 4 is 12.4 Å². The van der Waals surface area contributed by atoms with Gasteiger partial charge >= 0.3 is 6.03 Å². The number of urea groups is 1. The normalized spacial score (nSPS) is 8.18. The van der Waals surface area contributed by atoms with Gasteiger partial charge in [-0.25, -0.2) is 4.79 Å². The molecule has 0 saturated carbocycles. The van der Waals surface area contributed by atoms with Crippen LogP contribution in [0.3, 0.4) is 0 Å². The van der Waals surface area contributed by atoms with Crippen LogP contribution in [0.4, 0.5) is 4.79 Å². The SMILES string of the molecule is C=C(NC)N(C)C(=O)NC=O. The number of hydrogen-bond acceptors (Lipinski definition) is 3. The van der Waals surface area contributed by atoms with E-state index in [2.05, 4.69) is 11.9 Å². The van der Waals surface area contributed by atoms with Gasteiger partial charge in [-0.05, 0) is 0 Å². The van der Waals surface area contributed by atoms with Gasteiger partial charge in [-0.2, -0.15) is 0 Å². The summed E-state index contributed by atoms with van der Waals surface area (Å²) in [5, 5.41) is 4.62. The summed E-state index contributed by atoms with van der Waals surface area (Å²) in [5.41, 5.74) is 0. The van der Waals surface area contributed by atoms with E-state index in [1.165, 1.54) is 11.9 Å². The van der Waals surface area contributed by atoms with Crippen molar-refractivity contribution in [2.45, 2.75) is 0 Å². The van der Waals surface area contributed by atoms with Crippen LogP contribution in [0.2, 0.25) is 0 Å². The molecule has 0 aliphatic heterocycles. The molecule has 0 unspecified atom stereocenters. The van der Waals surface area contributed by atoms with Gasteiger partial charge in [0.2, 0.25) is 6.41 Å². The molecule has 3 amide bonds. The van der Waals surface area contributed by atoms with Crippen molar-refractivity contribution < 1.29 is 9.59 Å². The van der Waals surface area contributed by atoms with Gasteiger partial charge in [0.1, 0.15) is 5.82 Å². The highest BCUT2D eigenvalue weighted by atomic mass is 16.2. The Kier molecular flexibility index (Phi) is 3.72. The number of nitrogens with one attached hydrogen (secondary N) is 2. The molecule has 11 heavy (non-hydrogen) atoms. The van der Waals surface area contributed by atoms with E-state index in [0.717, 1.165) is 0 Å². The molecular weight excluding hydrogens is 146 g/mol. The van der Waals surface area contributed by atoms with Gasteiger partial charge in [-0.3, -0.25) is 15.0 Å². The van der Waals surface area contributed by atoms with Gasteiger partial charge in [0.15, 0.2) is 0 Å². The third kappa shape index (κ3) is 2.70. The predicted octanol–water partition coefficient (Wildman–Crippen LogP) is -0.525. The Hall–Kier alpha value is -1.52. The van der Waals surface area contributed by atoms with Crippen LogP contribution in [0.15, 0.2) is 12.4 Å². The highest BCUT2D eigenvalue weighted by molar-refractivity contribution is 5.85. The fourth-order valence-electron chi connectivity index (χ4n) is 0.438.